The lowest BCUT2D eigenvalue weighted by Crippen LogP contribution is -2.04. The van der Waals surface area contributed by atoms with E-state index in [1.807, 2.05) is 53.5 Å². The largest absolute Gasteiger partial charge is 0.462 e. The summed E-state index contributed by atoms with van der Waals surface area (Å²) in [7, 11) is 0. The van der Waals surface area contributed by atoms with Gasteiger partial charge in [0.25, 0.3) is 0 Å². The van der Waals surface area contributed by atoms with Crippen molar-refractivity contribution in [2.24, 2.45) is 0 Å². The first-order valence-corrected chi connectivity index (χ1v) is 11.1. The van der Waals surface area contributed by atoms with Crippen LogP contribution in [-0.4, -0.2) is 26.9 Å². The number of aromatic nitrogens is 3. The molecule has 0 aliphatic carbocycles. The van der Waals surface area contributed by atoms with Crippen molar-refractivity contribution in [2.75, 3.05) is 6.61 Å². The van der Waals surface area contributed by atoms with Crippen LogP contribution in [0.5, 0.6) is 0 Å². The van der Waals surface area contributed by atoms with E-state index in [2.05, 4.69) is 22.8 Å². The van der Waals surface area contributed by atoms with Crippen molar-refractivity contribution >= 4 is 40.2 Å². The van der Waals surface area contributed by atoms with Crippen LogP contribution in [0.1, 0.15) is 30.6 Å². The van der Waals surface area contributed by atoms with Crippen molar-refractivity contribution in [1.29, 1.82) is 0 Å². The number of halogens is 1. The Morgan fingerprint density at radius 3 is 2.83 bits per heavy atom. The molecule has 0 aliphatic rings. The predicted molar refractivity (Wildman–Crippen MR) is 121 cm³/mol. The maximum absolute atomic E-state index is 12.1. The fourth-order valence-electron chi connectivity index (χ4n) is 3.32. The van der Waals surface area contributed by atoms with Crippen LogP contribution >= 0.6 is 23.4 Å². The average Bonchev–Trinajstić information content (AvgIpc) is 3.33. The normalized spacial score (nSPS) is 11.2. The second-order valence-corrected chi connectivity index (χ2v) is 8.39. The second kappa shape index (κ2) is 8.98. The van der Waals surface area contributed by atoms with E-state index >= 15 is 0 Å². The molecular formula is C23H22ClN3O2S. The molecule has 30 heavy (non-hydrogen) atoms. The Morgan fingerprint density at radius 1 is 1.17 bits per heavy atom. The summed E-state index contributed by atoms with van der Waals surface area (Å²) < 4.78 is 9.18. The van der Waals surface area contributed by atoms with Crippen molar-refractivity contribution in [3.05, 3.63) is 71.6 Å². The van der Waals surface area contributed by atoms with E-state index < -0.39 is 0 Å². The van der Waals surface area contributed by atoms with Gasteiger partial charge >= 0.3 is 5.97 Å². The van der Waals surface area contributed by atoms with Crippen LogP contribution in [0.2, 0.25) is 5.02 Å². The molecule has 0 N–H and O–H groups in total. The van der Waals surface area contributed by atoms with Crippen LogP contribution in [0.3, 0.4) is 0 Å². The van der Waals surface area contributed by atoms with Gasteiger partial charge in [-0.05, 0) is 43.7 Å². The highest BCUT2D eigenvalue weighted by Gasteiger charge is 2.14. The fraction of sp³-hybridized carbons (Fsp3) is 0.217. The molecule has 154 valence electrons. The van der Waals surface area contributed by atoms with Crippen LogP contribution < -0.4 is 0 Å². The summed E-state index contributed by atoms with van der Waals surface area (Å²) >= 11 is 7.90. The van der Waals surface area contributed by atoms with Crippen LogP contribution in [0.15, 0.2) is 70.8 Å². The summed E-state index contributed by atoms with van der Waals surface area (Å²) in [5, 5.41) is 6.23. The van der Waals surface area contributed by atoms with Gasteiger partial charge in [0.1, 0.15) is 0 Å². The minimum Gasteiger partial charge on any atom is -0.462 e. The van der Waals surface area contributed by atoms with Gasteiger partial charge in [-0.1, -0.05) is 42.4 Å². The molecule has 0 saturated heterocycles. The average molecular weight is 440 g/mol. The Morgan fingerprint density at radius 2 is 2.03 bits per heavy atom. The molecule has 7 heteroatoms. The van der Waals surface area contributed by atoms with Gasteiger partial charge in [0.15, 0.2) is 0 Å². The number of aryl methyl sites for hydroxylation is 1. The predicted octanol–water partition coefficient (Wildman–Crippen LogP) is 6.22. The third kappa shape index (κ3) is 4.25. The van der Waals surface area contributed by atoms with E-state index in [0.717, 1.165) is 39.3 Å². The summed E-state index contributed by atoms with van der Waals surface area (Å²) in [5.41, 5.74) is 2.56. The number of hydrogen-bond acceptors (Lipinski definition) is 4. The van der Waals surface area contributed by atoms with Crippen LogP contribution in [0, 0.1) is 0 Å². The molecule has 0 radical (unpaired) electrons. The molecule has 0 unspecified atom stereocenters. The second-order valence-electron chi connectivity index (χ2n) is 6.84. The molecule has 2 heterocycles. The monoisotopic (exact) mass is 439 g/mol. The first-order valence-electron chi connectivity index (χ1n) is 9.87. The number of benzene rings is 2. The number of carbonyl (C=O) groups excluding carboxylic acids is 1. The van der Waals surface area contributed by atoms with Gasteiger partial charge in [0.05, 0.1) is 29.6 Å². The van der Waals surface area contributed by atoms with Crippen molar-refractivity contribution in [3.63, 3.8) is 0 Å². The van der Waals surface area contributed by atoms with Gasteiger partial charge in [0.2, 0.25) is 0 Å². The van der Waals surface area contributed by atoms with Crippen LogP contribution in [-0.2, 0) is 11.3 Å². The third-order valence-corrected chi connectivity index (χ3v) is 5.92. The topological polar surface area (TPSA) is 49.0 Å². The number of fused-ring (bicyclic) bond motifs is 1. The molecular weight excluding hydrogens is 418 g/mol. The lowest BCUT2D eigenvalue weighted by Gasteiger charge is -2.04. The van der Waals surface area contributed by atoms with E-state index in [4.69, 9.17) is 16.3 Å². The van der Waals surface area contributed by atoms with Crippen molar-refractivity contribution in [2.45, 2.75) is 36.6 Å². The van der Waals surface area contributed by atoms with E-state index in [-0.39, 0.29) is 5.97 Å². The number of rotatable bonds is 7. The molecule has 2 aromatic carbocycles. The lowest BCUT2D eigenvalue weighted by molar-refractivity contribution is 0.0526. The maximum Gasteiger partial charge on any atom is 0.338 e. The van der Waals surface area contributed by atoms with E-state index in [9.17, 15) is 4.79 Å². The van der Waals surface area contributed by atoms with Gasteiger partial charge in [-0.3, -0.25) is 4.68 Å². The first-order chi connectivity index (χ1) is 14.6. The van der Waals surface area contributed by atoms with Gasteiger partial charge in [0, 0.05) is 39.1 Å². The summed E-state index contributed by atoms with van der Waals surface area (Å²) in [4.78, 5) is 14.1. The Balaban J connectivity index is 1.73. The minimum absolute atomic E-state index is 0.308. The maximum atomic E-state index is 12.1. The number of nitrogens with zero attached hydrogens (tertiary/aromatic N) is 3. The summed E-state index contributed by atoms with van der Waals surface area (Å²) in [5.74, 6) is -0.308. The first kappa shape index (κ1) is 20.6. The van der Waals surface area contributed by atoms with Gasteiger partial charge in [-0.25, -0.2) is 4.79 Å². The molecule has 0 bridgehead atoms. The van der Waals surface area contributed by atoms with Crippen molar-refractivity contribution in [3.8, 4) is 5.69 Å². The summed E-state index contributed by atoms with van der Waals surface area (Å²) in [6.07, 6.45) is 7.03. The number of ether oxygens (including phenoxy) is 1. The van der Waals surface area contributed by atoms with Crippen LogP contribution in [0.25, 0.3) is 16.6 Å². The molecule has 0 spiro atoms. The molecule has 0 fully saturated rings. The smallest absolute Gasteiger partial charge is 0.338 e. The van der Waals surface area contributed by atoms with Gasteiger partial charge in [-0.2, -0.15) is 5.10 Å². The summed E-state index contributed by atoms with van der Waals surface area (Å²) in [6.45, 7) is 5.17. The molecule has 0 amide bonds. The van der Waals surface area contributed by atoms with E-state index in [1.165, 1.54) is 0 Å². The zero-order valence-corrected chi connectivity index (χ0v) is 18.4. The molecule has 4 rings (SSSR count). The zero-order valence-electron chi connectivity index (χ0n) is 16.8. The number of carbonyl (C=O) groups is 1. The fourth-order valence-corrected chi connectivity index (χ4v) is 4.51. The Kier molecular flexibility index (Phi) is 6.16. The van der Waals surface area contributed by atoms with Gasteiger partial charge < -0.3 is 9.30 Å². The Bertz CT molecular complexity index is 1200. The third-order valence-electron chi connectivity index (χ3n) is 4.65. The zero-order chi connectivity index (χ0) is 21.1. The van der Waals surface area contributed by atoms with Crippen molar-refractivity contribution < 1.29 is 9.53 Å². The Hall–Kier alpha value is -2.70. The Labute approximate surface area is 184 Å². The highest BCUT2D eigenvalue weighted by Crippen LogP contribution is 2.37. The van der Waals surface area contributed by atoms with E-state index in [0.29, 0.717) is 17.2 Å². The number of hydrogen-bond donors (Lipinski definition) is 0. The van der Waals surface area contributed by atoms with E-state index in [1.54, 1.807) is 24.8 Å². The highest BCUT2D eigenvalue weighted by atomic mass is 35.5. The standard InChI is InChI=1S/C23H22ClN3O2S/c1-3-10-26-14-18(13-25-26)27-15-22(20-9-8-17(24)12-21(20)27)30-19-7-5-6-16(11-19)23(28)29-4-2/h5-9,11-15H,3-4,10H2,1-2H3. The van der Waals surface area contributed by atoms with Crippen molar-refractivity contribution in [1.82, 2.24) is 14.3 Å². The highest BCUT2D eigenvalue weighted by molar-refractivity contribution is 7.99. The lowest BCUT2D eigenvalue weighted by atomic mass is 10.2. The molecule has 0 aliphatic heterocycles. The van der Waals surface area contributed by atoms with Crippen LogP contribution in [0.4, 0.5) is 0 Å². The molecule has 4 aromatic rings. The summed E-state index contributed by atoms with van der Waals surface area (Å²) in [6, 6.07) is 13.4. The number of esters is 1. The van der Waals surface area contributed by atoms with Gasteiger partial charge in [-0.15, -0.1) is 0 Å². The molecule has 0 atom stereocenters. The minimum atomic E-state index is -0.308. The quantitative estimate of drug-likeness (QED) is 0.321. The SMILES string of the molecule is CCCn1cc(-n2cc(Sc3cccc(C(=O)OCC)c3)c3ccc(Cl)cc32)cn1. The molecule has 5 nitrogen and oxygen atoms in total. The molecule has 2 aromatic heterocycles. The molecule has 0 saturated carbocycles.